The highest BCUT2D eigenvalue weighted by Crippen LogP contribution is 2.26. The van der Waals surface area contributed by atoms with Gasteiger partial charge in [0.2, 0.25) is 5.91 Å². The molecule has 1 atom stereocenters. The molecule has 0 bridgehead atoms. The fourth-order valence-corrected chi connectivity index (χ4v) is 3.33. The van der Waals surface area contributed by atoms with Crippen molar-refractivity contribution >= 4 is 11.8 Å². The Bertz CT molecular complexity index is 750. The summed E-state index contributed by atoms with van der Waals surface area (Å²) in [4.78, 5) is 29.8. The van der Waals surface area contributed by atoms with Crippen molar-refractivity contribution in [1.82, 2.24) is 24.6 Å². The number of nitrogens with two attached hydrogens (primary N) is 1. The molecule has 3 rings (SSSR count). The first-order valence-electron chi connectivity index (χ1n) is 8.65. The van der Waals surface area contributed by atoms with Gasteiger partial charge in [0.05, 0.1) is 0 Å². The maximum Gasteiger partial charge on any atom is 0.269 e. The van der Waals surface area contributed by atoms with Crippen LogP contribution in [-0.2, 0) is 11.3 Å². The normalized spacial score (nSPS) is 17.6. The molecule has 25 heavy (non-hydrogen) atoms. The third-order valence-corrected chi connectivity index (χ3v) is 4.78. The van der Waals surface area contributed by atoms with Gasteiger partial charge in [0, 0.05) is 50.1 Å². The summed E-state index contributed by atoms with van der Waals surface area (Å²) in [6.07, 6.45) is 6.95. The van der Waals surface area contributed by atoms with Gasteiger partial charge in [-0.3, -0.25) is 14.7 Å². The maximum atomic E-state index is 12.5. The number of carbonyl (C=O) groups is 2. The van der Waals surface area contributed by atoms with Crippen LogP contribution in [-0.4, -0.2) is 49.6 Å². The fraction of sp³-hybridized carbons (Fsp3) is 0.529. The number of hydrogen-bond acceptors (Lipinski definition) is 4. The summed E-state index contributed by atoms with van der Waals surface area (Å²) in [6, 6.07) is 1.70. The van der Waals surface area contributed by atoms with Crippen LogP contribution in [0.4, 0.5) is 0 Å². The van der Waals surface area contributed by atoms with Crippen molar-refractivity contribution in [3.05, 3.63) is 35.7 Å². The largest absolute Gasteiger partial charge is 0.364 e. The number of aromatic nitrogens is 4. The highest BCUT2D eigenvalue weighted by Gasteiger charge is 2.26. The number of nitrogens with zero attached hydrogens (tertiary/aromatic N) is 4. The van der Waals surface area contributed by atoms with Crippen molar-refractivity contribution in [3.63, 3.8) is 0 Å². The Morgan fingerprint density at radius 2 is 2.28 bits per heavy atom. The minimum absolute atomic E-state index is 0.175. The smallest absolute Gasteiger partial charge is 0.269 e. The van der Waals surface area contributed by atoms with Crippen LogP contribution in [0, 0.1) is 6.92 Å². The summed E-state index contributed by atoms with van der Waals surface area (Å²) in [5.41, 5.74) is 6.37. The molecule has 1 aliphatic rings. The molecule has 3 N–H and O–H groups in total. The summed E-state index contributed by atoms with van der Waals surface area (Å²) in [7, 11) is 0. The van der Waals surface area contributed by atoms with E-state index in [-0.39, 0.29) is 17.5 Å². The third kappa shape index (κ3) is 4.07. The van der Waals surface area contributed by atoms with Crippen molar-refractivity contribution < 1.29 is 9.59 Å². The number of likely N-dealkylation sites (tertiary alicyclic amines) is 1. The lowest BCUT2D eigenvalue weighted by atomic mass is 9.94. The van der Waals surface area contributed by atoms with Gasteiger partial charge in [-0.1, -0.05) is 0 Å². The van der Waals surface area contributed by atoms with Crippen LogP contribution in [0.5, 0.6) is 0 Å². The van der Waals surface area contributed by atoms with E-state index in [4.69, 9.17) is 5.73 Å². The highest BCUT2D eigenvalue weighted by molar-refractivity contribution is 5.90. The molecule has 1 fully saturated rings. The zero-order valence-corrected chi connectivity index (χ0v) is 14.4. The van der Waals surface area contributed by atoms with E-state index >= 15 is 0 Å². The second-order valence-electron chi connectivity index (χ2n) is 6.52. The Kier molecular flexibility index (Phi) is 5.16. The molecule has 8 nitrogen and oxygen atoms in total. The Hall–Kier alpha value is -2.64. The average molecular weight is 344 g/mol. The SMILES string of the molecule is Cc1nccn1CCCC(=O)N1CCC[C@H](c2cc(C(N)=O)n[nH]2)C1. The van der Waals surface area contributed by atoms with E-state index in [2.05, 4.69) is 19.7 Å². The number of nitrogens with one attached hydrogen (secondary N) is 1. The van der Waals surface area contributed by atoms with Crippen LogP contribution in [0.15, 0.2) is 18.5 Å². The number of imidazole rings is 1. The zero-order chi connectivity index (χ0) is 17.8. The lowest BCUT2D eigenvalue weighted by Crippen LogP contribution is -2.39. The molecule has 0 saturated carbocycles. The Labute approximate surface area is 146 Å². The molecule has 134 valence electrons. The number of H-pyrrole nitrogens is 1. The fourth-order valence-electron chi connectivity index (χ4n) is 3.33. The first-order valence-corrected chi connectivity index (χ1v) is 8.65. The number of carbonyl (C=O) groups excluding carboxylic acids is 2. The molecular formula is C17H24N6O2. The van der Waals surface area contributed by atoms with Crippen molar-refractivity contribution in [3.8, 4) is 0 Å². The molecule has 2 amide bonds. The summed E-state index contributed by atoms with van der Waals surface area (Å²) in [6.45, 7) is 4.21. The standard InChI is InChI=1S/C17H24N6O2/c1-12-19-6-9-22(12)7-3-5-16(24)23-8-2-4-13(11-23)14-10-15(17(18)25)21-20-14/h6,9-10,13H,2-5,7-8,11H2,1H3,(H2,18,25)(H,20,21)/t13-/m0/s1. The van der Waals surface area contributed by atoms with Gasteiger partial charge in [-0.2, -0.15) is 5.10 Å². The minimum atomic E-state index is -0.541. The molecule has 1 saturated heterocycles. The van der Waals surface area contributed by atoms with E-state index in [1.165, 1.54) is 0 Å². The van der Waals surface area contributed by atoms with Gasteiger partial charge in [0.1, 0.15) is 11.5 Å². The predicted molar refractivity (Wildman–Crippen MR) is 91.9 cm³/mol. The number of amides is 2. The maximum absolute atomic E-state index is 12.5. The zero-order valence-electron chi connectivity index (χ0n) is 14.4. The molecule has 0 aliphatic carbocycles. The molecule has 2 aromatic rings. The lowest BCUT2D eigenvalue weighted by molar-refractivity contribution is -0.132. The van der Waals surface area contributed by atoms with Crippen LogP contribution in [0.1, 0.15) is 53.6 Å². The summed E-state index contributed by atoms with van der Waals surface area (Å²) in [5.74, 6) is 0.780. The van der Waals surface area contributed by atoms with Crippen molar-refractivity contribution in [2.45, 2.75) is 45.1 Å². The Balaban J connectivity index is 1.52. The summed E-state index contributed by atoms with van der Waals surface area (Å²) < 4.78 is 2.06. The molecule has 0 unspecified atom stereocenters. The van der Waals surface area contributed by atoms with Crippen molar-refractivity contribution in [2.75, 3.05) is 13.1 Å². The number of aromatic amines is 1. The van der Waals surface area contributed by atoms with Crippen molar-refractivity contribution in [2.24, 2.45) is 5.73 Å². The monoisotopic (exact) mass is 344 g/mol. The number of aryl methyl sites for hydroxylation is 2. The molecule has 2 aromatic heterocycles. The van der Waals surface area contributed by atoms with E-state index in [0.717, 1.165) is 43.9 Å². The highest BCUT2D eigenvalue weighted by atomic mass is 16.2. The molecule has 8 heteroatoms. The lowest BCUT2D eigenvalue weighted by Gasteiger charge is -2.32. The number of primary amides is 1. The van der Waals surface area contributed by atoms with Crippen LogP contribution < -0.4 is 5.73 Å². The number of piperidine rings is 1. The number of hydrogen-bond donors (Lipinski definition) is 2. The van der Waals surface area contributed by atoms with E-state index in [9.17, 15) is 9.59 Å². The van der Waals surface area contributed by atoms with Crippen molar-refractivity contribution in [1.29, 1.82) is 0 Å². The first-order chi connectivity index (χ1) is 12.0. The molecule has 1 aliphatic heterocycles. The second-order valence-corrected chi connectivity index (χ2v) is 6.52. The van der Waals surface area contributed by atoms with Gasteiger partial charge < -0.3 is 15.2 Å². The Morgan fingerprint density at radius 3 is 2.96 bits per heavy atom. The molecule has 0 spiro atoms. The minimum Gasteiger partial charge on any atom is -0.364 e. The molecule has 3 heterocycles. The summed E-state index contributed by atoms with van der Waals surface area (Å²) in [5, 5.41) is 6.82. The van der Waals surface area contributed by atoms with Crippen LogP contribution in [0.25, 0.3) is 0 Å². The first kappa shape index (κ1) is 17.2. The van der Waals surface area contributed by atoms with Crippen LogP contribution in [0.2, 0.25) is 0 Å². The van der Waals surface area contributed by atoms with Gasteiger partial charge in [-0.25, -0.2) is 4.98 Å². The van der Waals surface area contributed by atoms with Crippen LogP contribution in [0.3, 0.4) is 0 Å². The van der Waals surface area contributed by atoms with Gasteiger partial charge in [0.25, 0.3) is 5.91 Å². The topological polar surface area (TPSA) is 110 Å². The van der Waals surface area contributed by atoms with Gasteiger partial charge in [0.15, 0.2) is 0 Å². The van der Waals surface area contributed by atoms with Gasteiger partial charge in [-0.15, -0.1) is 0 Å². The predicted octanol–water partition coefficient (Wildman–Crippen LogP) is 1.20. The van der Waals surface area contributed by atoms with Gasteiger partial charge in [-0.05, 0) is 32.3 Å². The van der Waals surface area contributed by atoms with E-state index in [1.54, 1.807) is 12.3 Å². The third-order valence-electron chi connectivity index (χ3n) is 4.78. The number of rotatable bonds is 6. The Morgan fingerprint density at radius 1 is 1.44 bits per heavy atom. The molecule has 0 aromatic carbocycles. The van der Waals surface area contributed by atoms with Crippen LogP contribution >= 0.6 is 0 Å². The molecular weight excluding hydrogens is 320 g/mol. The second kappa shape index (κ2) is 7.50. The molecule has 0 radical (unpaired) electrons. The summed E-state index contributed by atoms with van der Waals surface area (Å²) >= 11 is 0. The quantitative estimate of drug-likeness (QED) is 0.820. The van der Waals surface area contributed by atoms with Gasteiger partial charge >= 0.3 is 0 Å². The van der Waals surface area contributed by atoms with E-state index in [1.807, 2.05) is 18.0 Å². The van der Waals surface area contributed by atoms with E-state index < -0.39 is 5.91 Å². The van der Waals surface area contributed by atoms with E-state index in [0.29, 0.717) is 13.0 Å². The average Bonchev–Trinajstić information content (AvgIpc) is 3.25.